The van der Waals surface area contributed by atoms with Gasteiger partial charge in [-0.15, -0.1) is 6.58 Å². The summed E-state index contributed by atoms with van der Waals surface area (Å²) in [5.74, 6) is 0.468. The van der Waals surface area contributed by atoms with Crippen LogP contribution in [0.1, 0.15) is 50.0 Å². The second-order valence-corrected chi connectivity index (χ2v) is 5.78. The first-order valence-corrected chi connectivity index (χ1v) is 7.62. The number of halogens is 1. The van der Waals surface area contributed by atoms with Crippen LogP contribution in [0.5, 0.6) is 0 Å². The zero-order valence-electron chi connectivity index (χ0n) is 11.7. The van der Waals surface area contributed by atoms with E-state index in [-0.39, 0.29) is 12.1 Å². The number of carbonyl (C=O) groups is 1. The van der Waals surface area contributed by atoms with E-state index in [9.17, 15) is 4.79 Å². The molecule has 108 valence electrons. The molecular weight excluding hydrogens is 272 g/mol. The number of rotatable bonds is 5. The second-order valence-electron chi connectivity index (χ2n) is 5.34. The zero-order valence-corrected chi connectivity index (χ0v) is 12.4. The number of ether oxygens (including phenoxy) is 1. The summed E-state index contributed by atoms with van der Waals surface area (Å²) in [5, 5.41) is 0.776. The smallest absolute Gasteiger partial charge is 0.306 e. The van der Waals surface area contributed by atoms with Crippen LogP contribution in [0.4, 0.5) is 0 Å². The molecular formula is C17H21ClO2. The fourth-order valence-electron chi connectivity index (χ4n) is 2.71. The SMILES string of the molecule is C=CCCC(=O)OC1CCC(c2ccc(Cl)cc2)CC1. The third-order valence-electron chi connectivity index (χ3n) is 3.87. The van der Waals surface area contributed by atoms with Gasteiger partial charge in [-0.05, 0) is 55.7 Å². The molecule has 0 aromatic heterocycles. The summed E-state index contributed by atoms with van der Waals surface area (Å²) in [6, 6.07) is 8.09. The summed E-state index contributed by atoms with van der Waals surface area (Å²) in [7, 11) is 0. The lowest BCUT2D eigenvalue weighted by Crippen LogP contribution is -2.23. The van der Waals surface area contributed by atoms with Crippen LogP contribution >= 0.6 is 11.6 Å². The molecule has 1 aromatic rings. The molecule has 1 aliphatic carbocycles. The van der Waals surface area contributed by atoms with Crippen molar-refractivity contribution in [1.29, 1.82) is 0 Å². The average Bonchev–Trinajstić information content (AvgIpc) is 2.47. The van der Waals surface area contributed by atoms with Crippen molar-refractivity contribution in [2.24, 2.45) is 0 Å². The van der Waals surface area contributed by atoms with Crippen molar-refractivity contribution in [1.82, 2.24) is 0 Å². The number of carbonyl (C=O) groups excluding carboxylic acids is 1. The molecule has 20 heavy (non-hydrogen) atoms. The molecule has 1 aliphatic rings. The highest BCUT2D eigenvalue weighted by molar-refractivity contribution is 6.30. The van der Waals surface area contributed by atoms with Gasteiger partial charge in [-0.1, -0.05) is 29.8 Å². The Balaban J connectivity index is 1.78. The summed E-state index contributed by atoms with van der Waals surface area (Å²) in [4.78, 5) is 11.6. The van der Waals surface area contributed by atoms with Gasteiger partial charge in [0, 0.05) is 11.4 Å². The number of hydrogen-bond acceptors (Lipinski definition) is 2. The van der Waals surface area contributed by atoms with Crippen molar-refractivity contribution in [2.45, 2.75) is 50.5 Å². The minimum absolute atomic E-state index is 0.0934. The maximum absolute atomic E-state index is 11.6. The van der Waals surface area contributed by atoms with Gasteiger partial charge in [0.05, 0.1) is 0 Å². The molecule has 2 nitrogen and oxygen atoms in total. The third kappa shape index (κ3) is 4.38. The normalized spacial score (nSPS) is 22.2. The molecule has 0 N–H and O–H groups in total. The van der Waals surface area contributed by atoms with Crippen LogP contribution in [0.15, 0.2) is 36.9 Å². The molecule has 1 aromatic carbocycles. The summed E-state index contributed by atoms with van der Waals surface area (Å²) in [6.07, 6.45) is 7.02. The predicted octanol–water partition coefficient (Wildman–Crippen LogP) is 4.88. The molecule has 0 amide bonds. The first-order valence-electron chi connectivity index (χ1n) is 7.25. The van der Waals surface area contributed by atoms with Crippen molar-refractivity contribution in [2.75, 3.05) is 0 Å². The predicted molar refractivity (Wildman–Crippen MR) is 82.0 cm³/mol. The molecule has 2 rings (SSSR count). The highest BCUT2D eigenvalue weighted by Gasteiger charge is 2.24. The Kier molecular flexibility index (Phi) is 5.66. The number of allylic oxidation sites excluding steroid dienone is 1. The van der Waals surface area contributed by atoms with Gasteiger partial charge in [0.1, 0.15) is 6.10 Å². The molecule has 0 unspecified atom stereocenters. The van der Waals surface area contributed by atoms with Crippen LogP contribution in [0.25, 0.3) is 0 Å². The van der Waals surface area contributed by atoms with Gasteiger partial charge in [-0.2, -0.15) is 0 Å². The lowest BCUT2D eigenvalue weighted by atomic mass is 9.83. The minimum atomic E-state index is -0.0974. The average molecular weight is 293 g/mol. The lowest BCUT2D eigenvalue weighted by Gasteiger charge is -2.28. The van der Waals surface area contributed by atoms with Crippen molar-refractivity contribution in [3.05, 3.63) is 47.5 Å². The van der Waals surface area contributed by atoms with E-state index in [2.05, 4.69) is 18.7 Å². The van der Waals surface area contributed by atoms with E-state index in [1.54, 1.807) is 6.08 Å². The summed E-state index contributed by atoms with van der Waals surface area (Å²) in [5.41, 5.74) is 1.34. The standard InChI is InChI=1S/C17H21ClO2/c1-2-3-4-17(19)20-16-11-7-14(8-12-16)13-5-9-15(18)10-6-13/h2,5-6,9-10,14,16H,1,3-4,7-8,11-12H2. The molecule has 1 fully saturated rings. The maximum Gasteiger partial charge on any atom is 0.306 e. The molecule has 0 aliphatic heterocycles. The van der Waals surface area contributed by atoms with Crippen LogP contribution in [0, 0.1) is 0 Å². The Hall–Kier alpha value is -1.28. The fourth-order valence-corrected chi connectivity index (χ4v) is 2.84. The molecule has 3 heteroatoms. The van der Waals surface area contributed by atoms with E-state index in [0.717, 1.165) is 30.7 Å². The van der Waals surface area contributed by atoms with Gasteiger partial charge in [-0.3, -0.25) is 4.79 Å². The van der Waals surface area contributed by atoms with Gasteiger partial charge in [0.25, 0.3) is 0 Å². The highest BCUT2D eigenvalue weighted by atomic mass is 35.5. The van der Waals surface area contributed by atoms with Crippen molar-refractivity contribution in [3.8, 4) is 0 Å². The Labute approximate surface area is 125 Å². The quantitative estimate of drug-likeness (QED) is 0.571. The van der Waals surface area contributed by atoms with Gasteiger partial charge in [0.15, 0.2) is 0 Å². The van der Waals surface area contributed by atoms with E-state index < -0.39 is 0 Å². The van der Waals surface area contributed by atoms with E-state index in [1.165, 1.54) is 5.56 Å². The minimum Gasteiger partial charge on any atom is -0.462 e. The molecule has 0 atom stereocenters. The first-order chi connectivity index (χ1) is 9.69. The van der Waals surface area contributed by atoms with E-state index in [1.807, 2.05) is 12.1 Å². The molecule has 1 saturated carbocycles. The topological polar surface area (TPSA) is 26.3 Å². The first kappa shape index (κ1) is 15.1. The second kappa shape index (κ2) is 7.49. The van der Waals surface area contributed by atoms with Crippen molar-refractivity contribution < 1.29 is 9.53 Å². The van der Waals surface area contributed by atoms with Crippen LogP contribution in [0.2, 0.25) is 5.02 Å². The Bertz CT molecular complexity index is 445. The number of benzene rings is 1. The van der Waals surface area contributed by atoms with Gasteiger partial charge in [0.2, 0.25) is 0 Å². The van der Waals surface area contributed by atoms with E-state index >= 15 is 0 Å². The van der Waals surface area contributed by atoms with E-state index in [4.69, 9.17) is 16.3 Å². The highest BCUT2D eigenvalue weighted by Crippen LogP contribution is 2.34. The lowest BCUT2D eigenvalue weighted by molar-refractivity contribution is -0.150. The molecule has 0 saturated heterocycles. The molecule has 0 radical (unpaired) electrons. The van der Waals surface area contributed by atoms with Crippen molar-refractivity contribution >= 4 is 17.6 Å². The zero-order chi connectivity index (χ0) is 14.4. The van der Waals surface area contributed by atoms with Crippen LogP contribution in [-0.4, -0.2) is 12.1 Å². The third-order valence-corrected chi connectivity index (χ3v) is 4.12. The van der Waals surface area contributed by atoms with Crippen molar-refractivity contribution in [3.63, 3.8) is 0 Å². The summed E-state index contributed by atoms with van der Waals surface area (Å²) in [6.45, 7) is 3.61. The maximum atomic E-state index is 11.6. The van der Waals surface area contributed by atoms with Gasteiger partial charge < -0.3 is 4.74 Å². The molecule has 0 heterocycles. The fraction of sp³-hybridized carbons (Fsp3) is 0.471. The summed E-state index contributed by atoms with van der Waals surface area (Å²) < 4.78 is 5.49. The van der Waals surface area contributed by atoms with E-state index in [0.29, 0.717) is 18.8 Å². The molecule has 0 bridgehead atoms. The van der Waals surface area contributed by atoms with Gasteiger partial charge in [-0.25, -0.2) is 0 Å². The largest absolute Gasteiger partial charge is 0.462 e. The Morgan fingerprint density at radius 2 is 1.90 bits per heavy atom. The Morgan fingerprint density at radius 3 is 2.50 bits per heavy atom. The monoisotopic (exact) mass is 292 g/mol. The number of esters is 1. The van der Waals surface area contributed by atoms with Gasteiger partial charge >= 0.3 is 5.97 Å². The molecule has 0 spiro atoms. The van der Waals surface area contributed by atoms with Crippen LogP contribution in [-0.2, 0) is 9.53 Å². The van der Waals surface area contributed by atoms with Crippen LogP contribution in [0.3, 0.4) is 0 Å². The summed E-state index contributed by atoms with van der Waals surface area (Å²) >= 11 is 5.91. The number of hydrogen-bond donors (Lipinski definition) is 0. The Morgan fingerprint density at radius 1 is 1.25 bits per heavy atom. The van der Waals surface area contributed by atoms with Crippen LogP contribution < -0.4 is 0 Å².